The van der Waals surface area contributed by atoms with Gasteiger partial charge in [-0.3, -0.25) is 0 Å². The Hall–Kier alpha value is -4.34. The molecule has 0 amide bonds. The van der Waals surface area contributed by atoms with Gasteiger partial charge in [0.1, 0.15) is 11.4 Å². The van der Waals surface area contributed by atoms with Gasteiger partial charge in [0.25, 0.3) is 0 Å². The minimum atomic E-state index is 0.812. The molecule has 2 aromatic heterocycles. The zero-order valence-electron chi connectivity index (χ0n) is 25.9. The van der Waals surface area contributed by atoms with Crippen molar-refractivity contribution in [3.8, 4) is 0 Å². The summed E-state index contributed by atoms with van der Waals surface area (Å²) in [6.07, 6.45) is 10.3. The second kappa shape index (κ2) is 13.1. The molecule has 10 heteroatoms. The van der Waals surface area contributed by atoms with Crippen LogP contribution in [0.15, 0.2) is 81.6 Å². The van der Waals surface area contributed by atoms with E-state index in [0.29, 0.717) is 0 Å². The maximum absolute atomic E-state index is 4.59. The first-order chi connectivity index (χ1) is 20.4. The topological polar surface area (TPSA) is 73.5 Å². The monoisotopic (exact) mass is 568 g/mol. The highest BCUT2D eigenvalue weighted by Gasteiger charge is 2.18. The molecule has 3 heterocycles. The Morgan fingerprint density at radius 1 is 0.714 bits per heavy atom. The van der Waals surface area contributed by atoms with Crippen LogP contribution in [-0.2, 0) is 27.2 Å². The molecule has 1 aliphatic heterocycles. The van der Waals surface area contributed by atoms with Gasteiger partial charge in [0.05, 0.1) is 52.0 Å². The van der Waals surface area contributed by atoms with E-state index in [9.17, 15) is 0 Å². The summed E-state index contributed by atoms with van der Waals surface area (Å²) in [4.78, 5) is 5.05. The highest BCUT2D eigenvalue weighted by Crippen LogP contribution is 2.30. The number of aromatic nitrogens is 4. The molecule has 0 radical (unpaired) electrons. The fourth-order valence-electron chi connectivity index (χ4n) is 5.72. The van der Waals surface area contributed by atoms with Crippen LogP contribution in [0.25, 0.3) is 0 Å². The summed E-state index contributed by atoms with van der Waals surface area (Å²) in [5.41, 5.74) is 6.81. The number of aryl methyl sites for hydroxylation is 6. The molecular formula is C32H44N10+2. The van der Waals surface area contributed by atoms with Crippen molar-refractivity contribution in [3.63, 3.8) is 0 Å². The first-order valence-corrected chi connectivity index (χ1v) is 15.0. The molecule has 0 saturated carbocycles. The quantitative estimate of drug-likeness (QED) is 0.179. The van der Waals surface area contributed by atoms with E-state index in [4.69, 9.17) is 0 Å². The van der Waals surface area contributed by atoms with Gasteiger partial charge in [-0.1, -0.05) is 10.2 Å². The van der Waals surface area contributed by atoms with Crippen LogP contribution in [0.5, 0.6) is 0 Å². The number of rotatable bonds is 8. The van der Waals surface area contributed by atoms with Gasteiger partial charge in [-0.05, 0) is 88.1 Å². The van der Waals surface area contributed by atoms with E-state index >= 15 is 0 Å². The number of imidazole rings is 2. The second-order valence-corrected chi connectivity index (χ2v) is 11.0. The third-order valence-electron chi connectivity index (χ3n) is 8.03. The lowest BCUT2D eigenvalue weighted by atomic mass is 10.1. The standard InChI is InChI=1S/C32H44N10/c1-7-39-21-22-40(8-2)32(39)36-34-28-12-14-30(26(4)24-28)42-17-9-15-41(16-10-18-42)29-13-11-27(23-25(29)3)33-35-31-37(5)19-20-38(31)6/h11-14,19-24H,7-10,15-18H2,1-6H3/q+2. The van der Waals surface area contributed by atoms with Crippen LogP contribution in [0.4, 0.5) is 34.6 Å². The molecule has 42 heavy (non-hydrogen) atoms. The number of azo groups is 2. The van der Waals surface area contributed by atoms with E-state index in [2.05, 4.69) is 116 Å². The molecule has 5 rings (SSSR count). The van der Waals surface area contributed by atoms with Gasteiger partial charge < -0.3 is 9.80 Å². The van der Waals surface area contributed by atoms with E-state index in [1.54, 1.807) is 0 Å². The summed E-state index contributed by atoms with van der Waals surface area (Å²) in [7, 11) is 3.95. The van der Waals surface area contributed by atoms with E-state index in [0.717, 1.165) is 75.4 Å². The van der Waals surface area contributed by atoms with Crippen LogP contribution >= 0.6 is 0 Å². The molecular weight excluding hydrogens is 524 g/mol. The molecule has 1 aliphatic rings. The fourth-order valence-corrected chi connectivity index (χ4v) is 5.72. The van der Waals surface area contributed by atoms with E-state index < -0.39 is 0 Å². The molecule has 0 atom stereocenters. The highest BCUT2D eigenvalue weighted by atomic mass is 15.3. The van der Waals surface area contributed by atoms with Crippen molar-refractivity contribution in [1.29, 1.82) is 0 Å². The Bertz CT molecular complexity index is 1530. The van der Waals surface area contributed by atoms with Crippen LogP contribution in [-0.4, -0.2) is 35.3 Å². The molecule has 0 aliphatic carbocycles. The summed E-state index contributed by atoms with van der Waals surface area (Å²) in [6, 6.07) is 12.9. The summed E-state index contributed by atoms with van der Waals surface area (Å²) in [6.45, 7) is 14.4. The number of nitrogens with zero attached hydrogens (tertiary/aromatic N) is 10. The zero-order chi connectivity index (χ0) is 29.6. The molecule has 4 aromatic rings. The van der Waals surface area contributed by atoms with Crippen LogP contribution < -0.4 is 18.9 Å². The van der Waals surface area contributed by atoms with Gasteiger partial charge in [-0.15, -0.1) is 0 Å². The third kappa shape index (κ3) is 6.42. The minimum absolute atomic E-state index is 0.812. The van der Waals surface area contributed by atoms with E-state index in [1.807, 2.05) is 35.6 Å². The molecule has 0 spiro atoms. The predicted molar refractivity (Wildman–Crippen MR) is 167 cm³/mol. The number of hydrogen-bond donors (Lipinski definition) is 0. The molecule has 220 valence electrons. The van der Waals surface area contributed by atoms with Gasteiger partial charge in [0.2, 0.25) is 0 Å². The largest absolute Gasteiger partial charge is 0.421 e. The zero-order valence-corrected chi connectivity index (χ0v) is 25.9. The number of anilines is 2. The lowest BCUT2D eigenvalue weighted by Crippen LogP contribution is -2.37. The molecule has 0 N–H and O–H groups in total. The molecule has 1 saturated heterocycles. The summed E-state index contributed by atoms with van der Waals surface area (Å²) in [5, 5.41) is 18.1. The Morgan fingerprint density at radius 3 is 1.71 bits per heavy atom. The van der Waals surface area contributed by atoms with Gasteiger partial charge in [-0.2, -0.15) is 0 Å². The highest BCUT2D eigenvalue weighted by molar-refractivity contribution is 5.60. The average molecular weight is 569 g/mol. The van der Waals surface area contributed by atoms with Crippen molar-refractivity contribution >= 4 is 34.6 Å². The molecule has 0 bridgehead atoms. The lowest BCUT2D eigenvalue weighted by molar-refractivity contribution is -0.680. The first-order valence-electron chi connectivity index (χ1n) is 15.0. The normalized spacial score (nSPS) is 14.7. The van der Waals surface area contributed by atoms with Crippen LogP contribution in [0.1, 0.15) is 37.8 Å². The molecule has 10 nitrogen and oxygen atoms in total. The van der Waals surface area contributed by atoms with Gasteiger partial charge >= 0.3 is 11.9 Å². The summed E-state index contributed by atoms with van der Waals surface area (Å²) >= 11 is 0. The predicted octanol–water partition coefficient (Wildman–Crippen LogP) is 6.53. The van der Waals surface area contributed by atoms with Crippen LogP contribution in [0, 0.1) is 13.8 Å². The van der Waals surface area contributed by atoms with Crippen molar-refractivity contribution in [2.45, 2.75) is 53.6 Å². The Morgan fingerprint density at radius 2 is 1.26 bits per heavy atom. The Kier molecular flexibility index (Phi) is 9.09. The van der Waals surface area contributed by atoms with Crippen LogP contribution in [0.3, 0.4) is 0 Å². The maximum atomic E-state index is 4.59. The Labute approximate surface area is 249 Å². The van der Waals surface area contributed by atoms with Gasteiger partial charge in [-0.25, -0.2) is 18.3 Å². The number of hydrogen-bond acceptors (Lipinski definition) is 6. The second-order valence-electron chi connectivity index (χ2n) is 11.0. The van der Waals surface area contributed by atoms with Crippen molar-refractivity contribution in [2.75, 3.05) is 36.0 Å². The minimum Gasteiger partial charge on any atom is -0.371 e. The molecule has 0 unspecified atom stereocenters. The number of benzene rings is 2. The smallest absolute Gasteiger partial charge is 0.371 e. The fraction of sp³-hybridized carbons (Fsp3) is 0.438. The van der Waals surface area contributed by atoms with Crippen molar-refractivity contribution < 1.29 is 9.13 Å². The van der Waals surface area contributed by atoms with Crippen molar-refractivity contribution in [2.24, 2.45) is 34.6 Å². The molecule has 1 fully saturated rings. The van der Waals surface area contributed by atoms with Crippen molar-refractivity contribution in [3.05, 3.63) is 72.3 Å². The maximum Gasteiger partial charge on any atom is 0.421 e. The average Bonchev–Trinajstić information content (AvgIpc) is 3.52. The van der Waals surface area contributed by atoms with Crippen LogP contribution in [0.2, 0.25) is 0 Å². The van der Waals surface area contributed by atoms with E-state index in [-0.39, 0.29) is 0 Å². The lowest BCUT2D eigenvalue weighted by Gasteiger charge is -2.34. The summed E-state index contributed by atoms with van der Waals surface area (Å²) < 4.78 is 8.15. The Balaban J connectivity index is 1.21. The third-order valence-corrected chi connectivity index (χ3v) is 8.03. The molecule has 2 aromatic carbocycles. The van der Waals surface area contributed by atoms with Gasteiger partial charge in [0.15, 0.2) is 0 Å². The van der Waals surface area contributed by atoms with Crippen molar-refractivity contribution in [1.82, 2.24) is 9.13 Å². The van der Waals surface area contributed by atoms with Gasteiger partial charge in [0, 0.05) is 47.8 Å². The summed E-state index contributed by atoms with van der Waals surface area (Å²) in [5.74, 6) is 1.69. The van der Waals surface area contributed by atoms with E-state index in [1.165, 1.54) is 22.5 Å². The first kappa shape index (κ1) is 29.2. The SMILES string of the molecule is CCn1cc[n+](CC)c1/N=N/c1ccc(N2CCCN(c3ccc(/N=N/c4n(C)cc[n+]4C)cc3C)CCC2)c(C)c1.